The molecule has 2 aromatic carbocycles. The predicted octanol–water partition coefficient (Wildman–Crippen LogP) is 4.82. The van der Waals surface area contributed by atoms with Gasteiger partial charge in [-0.25, -0.2) is 0 Å². The van der Waals surface area contributed by atoms with Crippen LogP contribution in [-0.2, 0) is 4.79 Å². The molecule has 2 aliphatic rings. The van der Waals surface area contributed by atoms with Crippen LogP contribution >= 0.6 is 11.6 Å². The number of aryl methyl sites for hydroxylation is 1. The van der Waals surface area contributed by atoms with Crippen LogP contribution in [0.4, 0.5) is 0 Å². The highest BCUT2D eigenvalue weighted by atomic mass is 35.5. The first kappa shape index (κ1) is 17.6. The standard InChI is InChI=1S/C22H24ClNO2/c1-14-4-3-5-18(12-14)26-22(25)21-19(15-6-8-16(23)9-7-15)13-17-10-11-20(21)24(17)2/h3-9,12,17,19-21H,10-11,13H2,1-2H3/t17-,19-,20?,21?/m1/s1. The summed E-state index contributed by atoms with van der Waals surface area (Å²) in [4.78, 5) is 15.6. The Bertz CT molecular complexity index is 804. The fraction of sp³-hybridized carbons (Fsp3) is 0.409. The summed E-state index contributed by atoms with van der Waals surface area (Å²) in [6.07, 6.45) is 3.19. The van der Waals surface area contributed by atoms with Crippen LogP contribution in [0.3, 0.4) is 0 Å². The minimum absolute atomic E-state index is 0.118. The number of nitrogens with zero attached hydrogens (tertiary/aromatic N) is 1. The van der Waals surface area contributed by atoms with Crippen molar-refractivity contribution in [3.63, 3.8) is 0 Å². The normalized spacial score (nSPS) is 28.1. The Hall–Kier alpha value is -1.84. The molecule has 2 aromatic rings. The van der Waals surface area contributed by atoms with E-state index < -0.39 is 0 Å². The van der Waals surface area contributed by atoms with Gasteiger partial charge in [-0.15, -0.1) is 0 Å². The van der Waals surface area contributed by atoms with Crippen molar-refractivity contribution in [3.8, 4) is 5.75 Å². The number of esters is 1. The van der Waals surface area contributed by atoms with Crippen LogP contribution in [0.5, 0.6) is 5.75 Å². The molecule has 4 heteroatoms. The second kappa shape index (κ2) is 7.05. The molecule has 0 radical (unpaired) electrons. The Morgan fingerprint density at radius 2 is 1.92 bits per heavy atom. The fourth-order valence-corrected chi connectivity index (χ4v) is 4.83. The zero-order chi connectivity index (χ0) is 18.3. The molecule has 2 aliphatic heterocycles. The Balaban J connectivity index is 1.64. The highest BCUT2D eigenvalue weighted by molar-refractivity contribution is 6.30. The molecule has 3 nitrogen and oxygen atoms in total. The summed E-state index contributed by atoms with van der Waals surface area (Å²) in [7, 11) is 2.15. The number of piperidine rings is 1. The lowest BCUT2D eigenvalue weighted by Crippen LogP contribution is -2.49. The second-order valence-corrected chi connectivity index (χ2v) is 8.06. The van der Waals surface area contributed by atoms with Crippen molar-refractivity contribution in [2.75, 3.05) is 7.05 Å². The molecule has 2 unspecified atom stereocenters. The quantitative estimate of drug-likeness (QED) is 0.573. The SMILES string of the molecule is Cc1cccc(OC(=O)C2C3CC[C@H](C[C@@H]2c2ccc(Cl)cc2)N3C)c1. The summed E-state index contributed by atoms with van der Waals surface area (Å²) in [6.45, 7) is 2.00. The summed E-state index contributed by atoms with van der Waals surface area (Å²) in [5.41, 5.74) is 2.27. The van der Waals surface area contributed by atoms with E-state index in [2.05, 4.69) is 24.1 Å². The molecule has 0 N–H and O–H groups in total. The summed E-state index contributed by atoms with van der Waals surface area (Å²) in [5, 5.41) is 0.725. The fourth-order valence-electron chi connectivity index (χ4n) is 4.70. The molecule has 0 saturated carbocycles. The van der Waals surface area contributed by atoms with Crippen molar-refractivity contribution < 1.29 is 9.53 Å². The van der Waals surface area contributed by atoms with Crippen LogP contribution in [0.15, 0.2) is 48.5 Å². The van der Waals surface area contributed by atoms with Crippen molar-refractivity contribution in [3.05, 3.63) is 64.7 Å². The van der Waals surface area contributed by atoms with E-state index in [1.807, 2.05) is 43.3 Å². The number of carbonyl (C=O) groups excluding carboxylic acids is 1. The molecule has 4 atom stereocenters. The monoisotopic (exact) mass is 369 g/mol. The van der Waals surface area contributed by atoms with Gasteiger partial charge >= 0.3 is 5.97 Å². The molecule has 26 heavy (non-hydrogen) atoms. The first-order chi connectivity index (χ1) is 12.5. The highest BCUT2D eigenvalue weighted by Crippen LogP contribution is 2.46. The van der Waals surface area contributed by atoms with Gasteiger partial charge in [0.1, 0.15) is 5.75 Å². The predicted molar refractivity (Wildman–Crippen MR) is 104 cm³/mol. The summed E-state index contributed by atoms with van der Waals surface area (Å²) >= 11 is 6.06. The maximum atomic E-state index is 13.2. The molecule has 136 valence electrons. The minimum Gasteiger partial charge on any atom is -0.426 e. The van der Waals surface area contributed by atoms with E-state index >= 15 is 0 Å². The largest absolute Gasteiger partial charge is 0.426 e. The van der Waals surface area contributed by atoms with Crippen molar-refractivity contribution in [1.29, 1.82) is 0 Å². The van der Waals surface area contributed by atoms with E-state index in [-0.39, 0.29) is 23.8 Å². The van der Waals surface area contributed by atoms with Gasteiger partial charge < -0.3 is 4.74 Å². The van der Waals surface area contributed by atoms with Crippen molar-refractivity contribution in [2.24, 2.45) is 5.92 Å². The van der Waals surface area contributed by atoms with Gasteiger partial charge in [0, 0.05) is 23.0 Å². The lowest BCUT2D eigenvalue weighted by Gasteiger charge is -2.41. The van der Waals surface area contributed by atoms with E-state index in [1.165, 1.54) is 5.56 Å². The average Bonchev–Trinajstić information content (AvgIpc) is 2.85. The van der Waals surface area contributed by atoms with Crippen LogP contribution in [0.1, 0.15) is 36.3 Å². The van der Waals surface area contributed by atoms with E-state index in [9.17, 15) is 4.79 Å². The molecular weight excluding hydrogens is 346 g/mol. The van der Waals surface area contributed by atoms with Gasteiger partial charge in [0.2, 0.25) is 0 Å². The Labute approximate surface area is 159 Å². The molecule has 2 heterocycles. The van der Waals surface area contributed by atoms with Gasteiger partial charge in [0.05, 0.1) is 5.92 Å². The zero-order valence-electron chi connectivity index (χ0n) is 15.2. The van der Waals surface area contributed by atoms with Crippen LogP contribution in [0.2, 0.25) is 5.02 Å². The van der Waals surface area contributed by atoms with Crippen molar-refractivity contribution in [2.45, 2.75) is 44.2 Å². The van der Waals surface area contributed by atoms with Gasteiger partial charge in [-0.2, -0.15) is 0 Å². The summed E-state index contributed by atoms with van der Waals surface area (Å²) in [6, 6.07) is 16.4. The summed E-state index contributed by atoms with van der Waals surface area (Å²) in [5.74, 6) is 0.541. The molecular formula is C22H24ClNO2. The number of halogens is 1. The molecule has 0 amide bonds. The lowest BCUT2D eigenvalue weighted by molar-refractivity contribution is -0.143. The average molecular weight is 370 g/mol. The van der Waals surface area contributed by atoms with E-state index in [0.29, 0.717) is 11.8 Å². The van der Waals surface area contributed by atoms with Gasteiger partial charge in [-0.1, -0.05) is 35.9 Å². The summed E-state index contributed by atoms with van der Waals surface area (Å²) < 4.78 is 5.82. The number of ether oxygens (including phenoxy) is 1. The number of rotatable bonds is 3. The number of hydrogen-bond donors (Lipinski definition) is 0. The highest BCUT2D eigenvalue weighted by Gasteiger charge is 2.49. The number of benzene rings is 2. The topological polar surface area (TPSA) is 29.5 Å². The number of fused-ring (bicyclic) bond motifs is 2. The van der Waals surface area contributed by atoms with Crippen LogP contribution in [-0.4, -0.2) is 30.0 Å². The lowest BCUT2D eigenvalue weighted by atomic mass is 9.76. The molecule has 2 saturated heterocycles. The third kappa shape index (κ3) is 3.26. The van der Waals surface area contributed by atoms with E-state index in [4.69, 9.17) is 16.3 Å². The van der Waals surface area contributed by atoms with Crippen molar-refractivity contribution in [1.82, 2.24) is 4.90 Å². The molecule has 0 spiro atoms. The number of hydrogen-bond acceptors (Lipinski definition) is 3. The zero-order valence-corrected chi connectivity index (χ0v) is 15.9. The molecule has 4 rings (SSSR count). The first-order valence-electron chi connectivity index (χ1n) is 9.28. The first-order valence-corrected chi connectivity index (χ1v) is 9.66. The van der Waals surface area contributed by atoms with Crippen LogP contribution in [0, 0.1) is 12.8 Å². The third-order valence-corrected chi connectivity index (χ3v) is 6.30. The van der Waals surface area contributed by atoms with Gasteiger partial charge in [-0.05, 0) is 68.6 Å². The molecule has 2 bridgehead atoms. The molecule has 0 aliphatic carbocycles. The van der Waals surface area contributed by atoms with Gasteiger partial charge in [0.15, 0.2) is 0 Å². The minimum atomic E-state index is -0.152. The van der Waals surface area contributed by atoms with Crippen LogP contribution in [0.25, 0.3) is 0 Å². The van der Waals surface area contributed by atoms with Crippen molar-refractivity contribution >= 4 is 17.6 Å². The molecule has 2 fully saturated rings. The van der Waals surface area contributed by atoms with E-state index in [1.54, 1.807) is 0 Å². The smallest absolute Gasteiger partial charge is 0.316 e. The van der Waals surface area contributed by atoms with Crippen LogP contribution < -0.4 is 4.74 Å². The Morgan fingerprint density at radius 1 is 1.15 bits per heavy atom. The Kier molecular flexibility index (Phi) is 4.76. The Morgan fingerprint density at radius 3 is 2.65 bits per heavy atom. The molecule has 0 aromatic heterocycles. The van der Waals surface area contributed by atoms with E-state index in [0.717, 1.165) is 29.8 Å². The number of carbonyl (C=O) groups is 1. The van der Waals surface area contributed by atoms with Gasteiger partial charge in [-0.3, -0.25) is 9.69 Å². The maximum absolute atomic E-state index is 13.2. The third-order valence-electron chi connectivity index (χ3n) is 6.05. The maximum Gasteiger partial charge on any atom is 0.316 e. The van der Waals surface area contributed by atoms with Gasteiger partial charge in [0.25, 0.3) is 0 Å². The second-order valence-electron chi connectivity index (χ2n) is 7.62.